The molecule has 32 heavy (non-hydrogen) atoms. The zero-order valence-electron chi connectivity index (χ0n) is 17.1. The molecule has 1 aromatic carbocycles. The number of carbonyl (C=O) groups excluding carboxylic acids is 1. The van der Waals surface area contributed by atoms with E-state index in [0.717, 1.165) is 50.1 Å². The molecule has 2 aromatic heterocycles. The molecule has 0 bridgehead atoms. The van der Waals surface area contributed by atoms with Gasteiger partial charge in [-0.2, -0.15) is 13.2 Å². The smallest absolute Gasteiger partial charge is 0.418 e. The van der Waals surface area contributed by atoms with Crippen LogP contribution in [0.4, 0.5) is 23.2 Å². The van der Waals surface area contributed by atoms with Crippen LogP contribution in [0.2, 0.25) is 0 Å². The number of anilines is 1. The van der Waals surface area contributed by atoms with Crippen LogP contribution in [-0.2, 0) is 6.18 Å². The van der Waals surface area contributed by atoms with Crippen molar-refractivity contribution in [3.8, 4) is 5.88 Å². The molecule has 3 aromatic rings. The van der Waals surface area contributed by atoms with Crippen LogP contribution in [0.25, 0.3) is 10.8 Å². The maximum absolute atomic E-state index is 14.9. The van der Waals surface area contributed by atoms with Gasteiger partial charge >= 0.3 is 6.18 Å². The van der Waals surface area contributed by atoms with E-state index >= 15 is 0 Å². The summed E-state index contributed by atoms with van der Waals surface area (Å²) in [5.74, 6) is -1.21. The molecule has 1 amide bonds. The first-order chi connectivity index (χ1) is 15.3. The number of alkyl halides is 3. The Morgan fingerprint density at radius 3 is 2.62 bits per heavy atom. The summed E-state index contributed by atoms with van der Waals surface area (Å²) in [6.07, 6.45) is 3.47. The van der Waals surface area contributed by atoms with Crippen molar-refractivity contribution in [2.45, 2.75) is 38.3 Å². The minimum absolute atomic E-state index is 0.00297. The molecule has 1 N–H and O–H groups in total. The highest BCUT2D eigenvalue weighted by molar-refractivity contribution is 6.05. The first kappa shape index (κ1) is 22.0. The number of nitrogens with zero attached hydrogens (tertiary/aromatic N) is 2. The summed E-state index contributed by atoms with van der Waals surface area (Å²) in [4.78, 5) is 20.1. The highest BCUT2D eigenvalue weighted by Crippen LogP contribution is 2.33. The van der Waals surface area contributed by atoms with E-state index < -0.39 is 29.2 Å². The second-order valence-corrected chi connectivity index (χ2v) is 7.84. The fourth-order valence-electron chi connectivity index (χ4n) is 3.97. The molecule has 168 valence electrons. The second kappa shape index (κ2) is 9.10. The van der Waals surface area contributed by atoms with E-state index in [1.165, 1.54) is 18.7 Å². The molecule has 0 atom stereocenters. The van der Waals surface area contributed by atoms with Gasteiger partial charge in [-0.25, -0.2) is 9.37 Å². The Kier molecular flexibility index (Phi) is 6.25. The summed E-state index contributed by atoms with van der Waals surface area (Å²) >= 11 is 0. The van der Waals surface area contributed by atoms with E-state index in [1.54, 1.807) is 6.07 Å². The van der Waals surface area contributed by atoms with E-state index in [-0.39, 0.29) is 17.0 Å². The lowest BCUT2D eigenvalue weighted by atomic mass is 9.90. The Bertz CT molecular complexity index is 1130. The zero-order valence-corrected chi connectivity index (χ0v) is 17.1. The van der Waals surface area contributed by atoms with Crippen molar-refractivity contribution < 1.29 is 27.1 Å². The fraction of sp³-hybridized carbons (Fsp3) is 0.348. The third-order valence-electron chi connectivity index (χ3n) is 5.55. The lowest BCUT2D eigenvalue weighted by molar-refractivity contribution is -0.138. The number of hydrogen-bond acceptors (Lipinski definition) is 4. The zero-order chi connectivity index (χ0) is 22.7. The summed E-state index contributed by atoms with van der Waals surface area (Å²) in [6, 6.07) is 5.90. The van der Waals surface area contributed by atoms with E-state index in [9.17, 15) is 22.4 Å². The van der Waals surface area contributed by atoms with Crippen LogP contribution in [0.1, 0.15) is 48.2 Å². The van der Waals surface area contributed by atoms with Crippen molar-refractivity contribution >= 4 is 22.4 Å². The number of benzene rings is 1. The number of aromatic nitrogens is 2. The van der Waals surface area contributed by atoms with Crippen molar-refractivity contribution in [3.05, 3.63) is 59.8 Å². The van der Waals surface area contributed by atoms with Crippen LogP contribution in [0.15, 0.2) is 42.7 Å². The lowest BCUT2D eigenvalue weighted by Crippen LogP contribution is -2.20. The molecule has 0 aliphatic heterocycles. The highest BCUT2D eigenvalue weighted by atomic mass is 19.4. The van der Waals surface area contributed by atoms with E-state index in [2.05, 4.69) is 15.3 Å². The number of halogens is 4. The third kappa shape index (κ3) is 4.81. The highest BCUT2D eigenvalue weighted by Gasteiger charge is 2.36. The number of carbonyl (C=O) groups is 1. The largest absolute Gasteiger partial charge is 0.477 e. The molecule has 9 heteroatoms. The maximum atomic E-state index is 14.9. The van der Waals surface area contributed by atoms with Crippen molar-refractivity contribution in [2.24, 2.45) is 5.92 Å². The fourth-order valence-corrected chi connectivity index (χ4v) is 3.97. The normalized spacial score (nSPS) is 15.0. The molecule has 0 radical (unpaired) electrons. The monoisotopic (exact) mass is 447 g/mol. The predicted molar refractivity (Wildman–Crippen MR) is 111 cm³/mol. The van der Waals surface area contributed by atoms with Gasteiger partial charge in [0.25, 0.3) is 5.91 Å². The summed E-state index contributed by atoms with van der Waals surface area (Å²) in [5, 5.41) is 2.87. The molecule has 1 aliphatic rings. The number of ether oxygens (including phenoxy) is 1. The molecule has 0 saturated heterocycles. The number of fused-ring (bicyclic) bond motifs is 1. The molecule has 0 spiro atoms. The molecule has 2 heterocycles. The second-order valence-electron chi connectivity index (χ2n) is 7.84. The molecule has 1 fully saturated rings. The van der Waals surface area contributed by atoms with E-state index in [0.29, 0.717) is 17.9 Å². The number of pyridine rings is 2. The third-order valence-corrected chi connectivity index (χ3v) is 5.55. The van der Waals surface area contributed by atoms with Crippen molar-refractivity contribution in [1.82, 2.24) is 9.97 Å². The molecule has 5 nitrogen and oxygen atoms in total. The van der Waals surface area contributed by atoms with Gasteiger partial charge in [-0.3, -0.25) is 9.78 Å². The molecular formula is C23H21F4N3O2. The molecule has 1 saturated carbocycles. The lowest BCUT2D eigenvalue weighted by Gasteiger charge is -2.21. The predicted octanol–water partition coefficient (Wildman–Crippen LogP) is 6.00. The van der Waals surface area contributed by atoms with Gasteiger partial charge in [-0.05, 0) is 54.5 Å². The number of hydrogen-bond donors (Lipinski definition) is 1. The van der Waals surface area contributed by atoms with Gasteiger partial charge in [0.1, 0.15) is 11.5 Å². The van der Waals surface area contributed by atoms with Gasteiger partial charge in [0.2, 0.25) is 5.88 Å². The average molecular weight is 447 g/mol. The first-order valence-corrected chi connectivity index (χ1v) is 10.4. The van der Waals surface area contributed by atoms with Crippen LogP contribution in [0, 0.1) is 11.7 Å². The number of nitrogens with one attached hydrogen (secondary N) is 1. The quantitative estimate of drug-likeness (QED) is 0.488. The van der Waals surface area contributed by atoms with Crippen molar-refractivity contribution in [1.29, 1.82) is 0 Å². The SMILES string of the molecule is O=C(Nc1cc(F)c2c(OCC3CCCCC3)nccc2c1)c1ncccc1C(F)(F)F. The molecule has 1 aliphatic carbocycles. The standard InChI is InChI=1S/C23H21F4N3O2/c24-18-12-16(30-21(31)20-17(23(25,26)27)7-4-9-28-20)11-15-8-10-29-22(19(15)18)32-13-14-5-2-1-3-6-14/h4,7-12,14H,1-3,5-6,13H2,(H,30,31). The van der Waals surface area contributed by atoms with E-state index in [4.69, 9.17) is 4.74 Å². The minimum atomic E-state index is -4.74. The van der Waals surface area contributed by atoms with Crippen LogP contribution >= 0.6 is 0 Å². The van der Waals surface area contributed by atoms with Gasteiger partial charge < -0.3 is 10.1 Å². The number of amides is 1. The van der Waals surface area contributed by atoms with Gasteiger partial charge in [-0.1, -0.05) is 19.3 Å². The molecule has 4 rings (SSSR count). The molecule has 0 unspecified atom stereocenters. The average Bonchev–Trinajstić information content (AvgIpc) is 2.77. The minimum Gasteiger partial charge on any atom is -0.477 e. The Labute approximate surface area is 181 Å². The van der Waals surface area contributed by atoms with Crippen LogP contribution in [-0.4, -0.2) is 22.5 Å². The Balaban J connectivity index is 1.57. The van der Waals surface area contributed by atoms with E-state index in [1.807, 2.05) is 0 Å². The van der Waals surface area contributed by atoms with Crippen LogP contribution in [0.3, 0.4) is 0 Å². The first-order valence-electron chi connectivity index (χ1n) is 10.4. The topological polar surface area (TPSA) is 64.1 Å². The van der Waals surface area contributed by atoms with Crippen LogP contribution in [0.5, 0.6) is 5.88 Å². The van der Waals surface area contributed by atoms with Gasteiger partial charge in [0, 0.05) is 18.1 Å². The summed E-state index contributed by atoms with van der Waals surface area (Å²) in [7, 11) is 0. The number of rotatable bonds is 5. The Morgan fingerprint density at radius 1 is 1.09 bits per heavy atom. The summed E-state index contributed by atoms with van der Waals surface area (Å²) in [5.41, 5.74) is -1.95. The van der Waals surface area contributed by atoms with Crippen LogP contribution < -0.4 is 10.1 Å². The van der Waals surface area contributed by atoms with Gasteiger partial charge in [0.05, 0.1) is 17.6 Å². The maximum Gasteiger partial charge on any atom is 0.418 e. The summed E-state index contributed by atoms with van der Waals surface area (Å²) < 4.78 is 60.2. The Morgan fingerprint density at radius 2 is 1.88 bits per heavy atom. The molecular weight excluding hydrogens is 426 g/mol. The van der Waals surface area contributed by atoms with Gasteiger partial charge in [0.15, 0.2) is 0 Å². The summed E-state index contributed by atoms with van der Waals surface area (Å²) in [6.45, 7) is 0.448. The van der Waals surface area contributed by atoms with Gasteiger partial charge in [-0.15, -0.1) is 0 Å². The Hall–Kier alpha value is -3.23. The van der Waals surface area contributed by atoms with Crippen molar-refractivity contribution in [3.63, 3.8) is 0 Å². The van der Waals surface area contributed by atoms with Crippen molar-refractivity contribution in [2.75, 3.05) is 11.9 Å².